The van der Waals surface area contributed by atoms with Crippen LogP contribution in [0.2, 0.25) is 0 Å². The van der Waals surface area contributed by atoms with Crippen LogP contribution in [0.3, 0.4) is 0 Å². The van der Waals surface area contributed by atoms with Crippen LogP contribution in [0, 0.1) is 5.92 Å². The molecule has 0 aliphatic rings. The van der Waals surface area contributed by atoms with Crippen molar-refractivity contribution in [2.24, 2.45) is 5.92 Å². The number of rotatable bonds is 7. The van der Waals surface area contributed by atoms with E-state index in [9.17, 15) is 0 Å². The van der Waals surface area contributed by atoms with Gasteiger partial charge >= 0.3 is 0 Å². The van der Waals surface area contributed by atoms with Gasteiger partial charge in [0, 0.05) is 31.2 Å². The van der Waals surface area contributed by atoms with Crippen molar-refractivity contribution in [2.75, 3.05) is 13.2 Å². The van der Waals surface area contributed by atoms with Gasteiger partial charge in [-0.2, -0.15) is 0 Å². The minimum Gasteiger partial charge on any atom is -0.396 e. The number of hydrogen-bond acceptors (Lipinski definition) is 4. The summed E-state index contributed by atoms with van der Waals surface area (Å²) in [5.74, 6) is 0.397. The van der Waals surface area contributed by atoms with E-state index < -0.39 is 0 Å². The van der Waals surface area contributed by atoms with Crippen molar-refractivity contribution in [3.05, 3.63) is 24.3 Å². The summed E-state index contributed by atoms with van der Waals surface area (Å²) in [6, 6.07) is 0.234. The SMILES string of the molecule is CC(CO)CCCNC(C)c1cnccn1. The first kappa shape index (κ1) is 13.1. The fourth-order valence-electron chi connectivity index (χ4n) is 1.50. The van der Waals surface area contributed by atoms with Gasteiger partial charge < -0.3 is 10.4 Å². The van der Waals surface area contributed by atoms with E-state index in [0.717, 1.165) is 25.1 Å². The molecule has 0 aliphatic heterocycles. The molecule has 0 spiro atoms. The molecule has 2 N–H and O–H groups in total. The number of aliphatic hydroxyl groups excluding tert-OH is 1. The number of aromatic nitrogens is 2. The highest BCUT2D eigenvalue weighted by Gasteiger charge is 2.05. The Kier molecular flexibility index (Phi) is 5.96. The van der Waals surface area contributed by atoms with Gasteiger partial charge in [-0.15, -0.1) is 0 Å². The molecule has 0 saturated heterocycles. The van der Waals surface area contributed by atoms with Gasteiger partial charge in [0.2, 0.25) is 0 Å². The topological polar surface area (TPSA) is 58.0 Å². The summed E-state index contributed by atoms with van der Waals surface area (Å²) in [5.41, 5.74) is 0.970. The highest BCUT2D eigenvalue weighted by molar-refractivity contribution is 5.00. The first-order chi connectivity index (χ1) is 7.74. The maximum Gasteiger partial charge on any atom is 0.0753 e. The minimum absolute atomic E-state index is 0.234. The largest absolute Gasteiger partial charge is 0.396 e. The van der Waals surface area contributed by atoms with Crippen molar-refractivity contribution in [2.45, 2.75) is 32.7 Å². The Morgan fingerprint density at radius 3 is 2.81 bits per heavy atom. The molecule has 1 rings (SSSR count). The van der Waals surface area contributed by atoms with E-state index in [-0.39, 0.29) is 12.6 Å². The fourth-order valence-corrected chi connectivity index (χ4v) is 1.50. The molecule has 1 heterocycles. The van der Waals surface area contributed by atoms with Crippen LogP contribution in [0.5, 0.6) is 0 Å². The maximum atomic E-state index is 8.88. The lowest BCUT2D eigenvalue weighted by Crippen LogP contribution is -2.21. The number of hydrogen-bond donors (Lipinski definition) is 2. The van der Waals surface area contributed by atoms with Gasteiger partial charge in [0.25, 0.3) is 0 Å². The third-order valence-corrected chi connectivity index (χ3v) is 2.66. The molecule has 4 heteroatoms. The lowest BCUT2D eigenvalue weighted by molar-refractivity contribution is 0.227. The van der Waals surface area contributed by atoms with E-state index in [1.54, 1.807) is 18.6 Å². The smallest absolute Gasteiger partial charge is 0.0753 e. The van der Waals surface area contributed by atoms with E-state index in [1.807, 2.05) is 0 Å². The molecule has 0 bridgehead atoms. The Hall–Kier alpha value is -1.00. The third kappa shape index (κ3) is 4.68. The van der Waals surface area contributed by atoms with Gasteiger partial charge in [0.1, 0.15) is 0 Å². The second-order valence-electron chi connectivity index (χ2n) is 4.24. The lowest BCUT2D eigenvalue weighted by atomic mass is 10.1. The Bertz CT molecular complexity index is 279. The van der Waals surface area contributed by atoms with Crippen molar-refractivity contribution in [3.8, 4) is 0 Å². The number of nitrogens with zero attached hydrogens (tertiary/aromatic N) is 2. The highest BCUT2D eigenvalue weighted by atomic mass is 16.3. The molecule has 1 aromatic rings. The van der Waals surface area contributed by atoms with Crippen LogP contribution in [0.15, 0.2) is 18.6 Å². The predicted octanol–water partition coefficient (Wildman–Crippen LogP) is 1.54. The van der Waals surface area contributed by atoms with Crippen LogP contribution < -0.4 is 5.32 Å². The van der Waals surface area contributed by atoms with Crippen molar-refractivity contribution < 1.29 is 5.11 Å². The fraction of sp³-hybridized carbons (Fsp3) is 0.667. The first-order valence-electron chi connectivity index (χ1n) is 5.84. The van der Waals surface area contributed by atoms with Crippen LogP contribution in [0.1, 0.15) is 38.4 Å². The van der Waals surface area contributed by atoms with Gasteiger partial charge in [-0.05, 0) is 32.2 Å². The van der Waals surface area contributed by atoms with Gasteiger partial charge in [0.15, 0.2) is 0 Å². The summed E-state index contributed by atoms with van der Waals surface area (Å²) in [5, 5.41) is 12.3. The van der Waals surface area contributed by atoms with Crippen LogP contribution in [0.25, 0.3) is 0 Å². The monoisotopic (exact) mass is 223 g/mol. The van der Waals surface area contributed by atoms with E-state index in [0.29, 0.717) is 5.92 Å². The van der Waals surface area contributed by atoms with Gasteiger partial charge in [-0.3, -0.25) is 9.97 Å². The van der Waals surface area contributed by atoms with Gasteiger partial charge in [-0.1, -0.05) is 6.92 Å². The summed E-state index contributed by atoms with van der Waals surface area (Å²) >= 11 is 0. The molecule has 1 aromatic heterocycles. The summed E-state index contributed by atoms with van der Waals surface area (Å²) in [6.45, 7) is 5.37. The average molecular weight is 223 g/mol. The summed E-state index contributed by atoms with van der Waals surface area (Å²) in [6.07, 6.45) is 7.30. The van der Waals surface area contributed by atoms with Crippen LogP contribution in [0.4, 0.5) is 0 Å². The molecule has 0 radical (unpaired) electrons. The third-order valence-electron chi connectivity index (χ3n) is 2.66. The van der Waals surface area contributed by atoms with Crippen molar-refractivity contribution in [3.63, 3.8) is 0 Å². The molecular weight excluding hydrogens is 202 g/mol. The Labute approximate surface area is 97.1 Å². The molecule has 0 aliphatic carbocycles. The zero-order valence-electron chi connectivity index (χ0n) is 10.1. The van der Waals surface area contributed by atoms with E-state index in [1.165, 1.54) is 0 Å². The van der Waals surface area contributed by atoms with Crippen LogP contribution in [-0.4, -0.2) is 28.2 Å². The summed E-state index contributed by atoms with van der Waals surface area (Å²) in [4.78, 5) is 8.28. The van der Waals surface area contributed by atoms with Crippen molar-refractivity contribution in [1.29, 1.82) is 0 Å². The Morgan fingerprint density at radius 2 is 2.19 bits per heavy atom. The number of nitrogens with one attached hydrogen (secondary N) is 1. The van der Waals surface area contributed by atoms with Crippen LogP contribution in [-0.2, 0) is 0 Å². The standard InChI is InChI=1S/C12H21N3O/c1-10(9-16)4-3-5-14-11(2)12-8-13-6-7-15-12/h6-8,10-11,14,16H,3-5,9H2,1-2H3. The molecular formula is C12H21N3O. The second-order valence-corrected chi connectivity index (χ2v) is 4.24. The van der Waals surface area contributed by atoms with Crippen molar-refractivity contribution >= 4 is 0 Å². The molecule has 16 heavy (non-hydrogen) atoms. The molecule has 0 fully saturated rings. The molecule has 4 nitrogen and oxygen atoms in total. The normalized spacial score (nSPS) is 14.7. The zero-order valence-corrected chi connectivity index (χ0v) is 10.1. The second kappa shape index (κ2) is 7.30. The van der Waals surface area contributed by atoms with E-state index in [2.05, 4.69) is 29.1 Å². The minimum atomic E-state index is 0.234. The lowest BCUT2D eigenvalue weighted by Gasteiger charge is -2.13. The molecule has 0 amide bonds. The molecule has 0 aromatic carbocycles. The highest BCUT2D eigenvalue weighted by Crippen LogP contribution is 2.08. The van der Waals surface area contributed by atoms with E-state index in [4.69, 9.17) is 5.11 Å². The quantitative estimate of drug-likeness (QED) is 0.688. The predicted molar refractivity (Wildman–Crippen MR) is 63.9 cm³/mol. The maximum absolute atomic E-state index is 8.88. The average Bonchev–Trinajstić information content (AvgIpc) is 2.35. The van der Waals surface area contributed by atoms with E-state index >= 15 is 0 Å². The molecule has 2 unspecified atom stereocenters. The molecule has 90 valence electrons. The van der Waals surface area contributed by atoms with Gasteiger partial charge in [-0.25, -0.2) is 0 Å². The molecule has 0 saturated carbocycles. The Morgan fingerprint density at radius 1 is 1.38 bits per heavy atom. The van der Waals surface area contributed by atoms with Crippen molar-refractivity contribution in [1.82, 2.24) is 15.3 Å². The van der Waals surface area contributed by atoms with Crippen LogP contribution >= 0.6 is 0 Å². The Balaban J connectivity index is 2.18. The summed E-state index contributed by atoms with van der Waals surface area (Å²) in [7, 11) is 0. The number of aliphatic hydroxyl groups is 1. The molecule has 2 atom stereocenters. The summed E-state index contributed by atoms with van der Waals surface area (Å²) < 4.78 is 0. The first-order valence-corrected chi connectivity index (χ1v) is 5.84. The van der Waals surface area contributed by atoms with Gasteiger partial charge in [0.05, 0.1) is 5.69 Å². The zero-order chi connectivity index (χ0) is 11.8.